The fourth-order valence-electron chi connectivity index (χ4n) is 2.10. The second kappa shape index (κ2) is 7.96. The van der Waals surface area contributed by atoms with Gasteiger partial charge in [0.1, 0.15) is 5.75 Å². The fraction of sp³-hybridized carbons (Fsp3) is 0.167. The summed E-state index contributed by atoms with van der Waals surface area (Å²) in [4.78, 5) is 12.4. The van der Waals surface area contributed by atoms with Crippen LogP contribution < -0.4 is 14.8 Å². The van der Waals surface area contributed by atoms with Crippen LogP contribution in [0.3, 0.4) is 0 Å². The van der Waals surface area contributed by atoms with Gasteiger partial charge in [0.2, 0.25) is 10.0 Å². The van der Waals surface area contributed by atoms with Crippen molar-refractivity contribution in [2.24, 2.45) is 0 Å². The smallest absolute Gasteiger partial charge is 0.255 e. The average Bonchev–Trinajstić information content (AvgIpc) is 2.60. The third-order valence-electron chi connectivity index (χ3n) is 3.46. The molecule has 2 rings (SSSR count). The second-order valence-electron chi connectivity index (χ2n) is 5.32. The maximum Gasteiger partial charge on any atom is 0.255 e. The van der Waals surface area contributed by atoms with Gasteiger partial charge in [0.15, 0.2) is 0 Å². The maximum atomic E-state index is 12.4. The molecule has 6 nitrogen and oxygen atoms in total. The zero-order valence-corrected chi connectivity index (χ0v) is 14.9. The van der Waals surface area contributed by atoms with Gasteiger partial charge in [-0.3, -0.25) is 4.79 Å². The van der Waals surface area contributed by atoms with Crippen LogP contribution in [0.15, 0.2) is 60.0 Å². The molecule has 0 saturated heterocycles. The van der Waals surface area contributed by atoms with Gasteiger partial charge < -0.3 is 10.1 Å². The van der Waals surface area contributed by atoms with E-state index in [-0.39, 0.29) is 23.0 Å². The molecule has 2 N–H and O–H groups in total. The molecule has 132 valence electrons. The van der Waals surface area contributed by atoms with E-state index in [4.69, 9.17) is 4.74 Å². The quantitative estimate of drug-likeness (QED) is 0.744. The molecule has 0 unspecified atom stereocenters. The van der Waals surface area contributed by atoms with Crippen molar-refractivity contribution in [3.05, 3.63) is 66.2 Å². The first-order valence-corrected chi connectivity index (χ1v) is 9.02. The van der Waals surface area contributed by atoms with Crippen molar-refractivity contribution >= 4 is 21.6 Å². The van der Waals surface area contributed by atoms with Gasteiger partial charge in [-0.1, -0.05) is 23.8 Å². The number of hydrogen-bond acceptors (Lipinski definition) is 4. The van der Waals surface area contributed by atoms with Gasteiger partial charge in [-0.05, 0) is 37.3 Å². The number of nitrogens with one attached hydrogen (secondary N) is 2. The summed E-state index contributed by atoms with van der Waals surface area (Å²) in [5.41, 5.74) is 1.77. The van der Waals surface area contributed by atoms with Gasteiger partial charge in [0.05, 0.1) is 17.7 Å². The van der Waals surface area contributed by atoms with Crippen LogP contribution in [-0.4, -0.2) is 28.0 Å². The van der Waals surface area contributed by atoms with Crippen LogP contribution in [0.1, 0.15) is 15.9 Å². The zero-order chi connectivity index (χ0) is 18.4. The van der Waals surface area contributed by atoms with Crippen LogP contribution in [0.4, 0.5) is 5.69 Å². The summed E-state index contributed by atoms with van der Waals surface area (Å²) in [5.74, 6) is 0.00929. The molecule has 0 bridgehead atoms. The molecular formula is C18H20N2O4S. The third kappa shape index (κ3) is 4.68. The number of carbonyl (C=O) groups excluding carboxylic acids is 1. The molecule has 0 radical (unpaired) electrons. The molecule has 7 heteroatoms. The van der Waals surface area contributed by atoms with E-state index < -0.39 is 10.0 Å². The first-order chi connectivity index (χ1) is 11.9. The van der Waals surface area contributed by atoms with Crippen molar-refractivity contribution in [2.45, 2.75) is 11.8 Å². The molecule has 0 aliphatic carbocycles. The van der Waals surface area contributed by atoms with Gasteiger partial charge in [-0.15, -0.1) is 6.58 Å². The second-order valence-corrected chi connectivity index (χ2v) is 7.09. The third-order valence-corrected chi connectivity index (χ3v) is 4.88. The molecule has 0 aliphatic heterocycles. The van der Waals surface area contributed by atoms with E-state index >= 15 is 0 Å². The summed E-state index contributed by atoms with van der Waals surface area (Å²) in [6, 6.07) is 11.3. The number of aryl methyl sites for hydroxylation is 1. The first-order valence-electron chi connectivity index (χ1n) is 7.54. The number of ether oxygens (including phenoxy) is 1. The van der Waals surface area contributed by atoms with Gasteiger partial charge in [-0.2, -0.15) is 0 Å². The lowest BCUT2D eigenvalue weighted by molar-refractivity contribution is 0.102. The standard InChI is InChI=1S/C18H20N2O4S/c1-4-11-19-25(22,23)15-9-10-17(24-3)16(12-15)20-18(21)14-7-5-13(2)6-8-14/h4-10,12,19H,1,11H2,2-3H3,(H,20,21). The van der Waals surface area contributed by atoms with E-state index in [9.17, 15) is 13.2 Å². The highest BCUT2D eigenvalue weighted by Crippen LogP contribution is 2.28. The van der Waals surface area contributed by atoms with Crippen LogP contribution in [0, 0.1) is 6.92 Å². The van der Waals surface area contributed by atoms with Crippen molar-refractivity contribution < 1.29 is 17.9 Å². The average molecular weight is 360 g/mol. The molecular weight excluding hydrogens is 340 g/mol. The number of amides is 1. The zero-order valence-electron chi connectivity index (χ0n) is 14.1. The van der Waals surface area contributed by atoms with Gasteiger partial charge >= 0.3 is 0 Å². The Balaban J connectivity index is 2.32. The van der Waals surface area contributed by atoms with Crippen molar-refractivity contribution in [3.63, 3.8) is 0 Å². The largest absolute Gasteiger partial charge is 0.495 e. The number of hydrogen-bond donors (Lipinski definition) is 2. The minimum atomic E-state index is -3.70. The van der Waals surface area contributed by atoms with Gasteiger partial charge in [-0.25, -0.2) is 13.1 Å². The molecule has 0 aromatic heterocycles. The number of methoxy groups -OCH3 is 1. The Kier molecular flexibility index (Phi) is 5.95. The number of benzene rings is 2. The Bertz CT molecular complexity index is 874. The van der Waals surface area contributed by atoms with Crippen molar-refractivity contribution in [3.8, 4) is 5.75 Å². The highest BCUT2D eigenvalue weighted by molar-refractivity contribution is 7.89. The van der Waals surface area contributed by atoms with Crippen LogP contribution in [-0.2, 0) is 10.0 Å². The van der Waals surface area contributed by atoms with E-state index in [0.29, 0.717) is 11.3 Å². The van der Waals surface area contributed by atoms with Crippen LogP contribution in [0.5, 0.6) is 5.75 Å². The molecule has 0 fully saturated rings. The molecule has 2 aromatic rings. The SMILES string of the molecule is C=CCNS(=O)(=O)c1ccc(OC)c(NC(=O)c2ccc(C)cc2)c1. The van der Waals surface area contributed by atoms with Crippen LogP contribution >= 0.6 is 0 Å². The number of sulfonamides is 1. The Morgan fingerprint density at radius 2 is 1.88 bits per heavy atom. The minimum Gasteiger partial charge on any atom is -0.495 e. The normalized spacial score (nSPS) is 11.0. The van der Waals surface area contributed by atoms with E-state index in [1.54, 1.807) is 12.1 Å². The monoisotopic (exact) mass is 360 g/mol. The molecule has 1 amide bonds. The van der Waals surface area contributed by atoms with Gasteiger partial charge in [0, 0.05) is 12.1 Å². The van der Waals surface area contributed by atoms with E-state index in [2.05, 4.69) is 16.6 Å². The molecule has 2 aromatic carbocycles. The van der Waals surface area contributed by atoms with Crippen molar-refractivity contribution in [1.82, 2.24) is 4.72 Å². The maximum absolute atomic E-state index is 12.4. The topological polar surface area (TPSA) is 84.5 Å². The van der Waals surface area contributed by atoms with Gasteiger partial charge in [0.25, 0.3) is 5.91 Å². The van der Waals surface area contributed by atoms with E-state index in [1.807, 2.05) is 19.1 Å². The predicted molar refractivity (Wildman–Crippen MR) is 97.5 cm³/mol. The van der Waals surface area contributed by atoms with Crippen molar-refractivity contribution in [1.29, 1.82) is 0 Å². The summed E-state index contributed by atoms with van der Waals surface area (Å²) >= 11 is 0. The lowest BCUT2D eigenvalue weighted by Gasteiger charge is -2.13. The molecule has 0 atom stereocenters. The lowest BCUT2D eigenvalue weighted by atomic mass is 10.1. The van der Waals surface area contributed by atoms with E-state index in [1.165, 1.54) is 31.4 Å². The highest BCUT2D eigenvalue weighted by atomic mass is 32.2. The summed E-state index contributed by atoms with van der Waals surface area (Å²) in [6.45, 7) is 5.51. The summed E-state index contributed by atoms with van der Waals surface area (Å²) < 4.78 is 32.0. The Labute approximate surface area is 147 Å². The molecule has 0 saturated carbocycles. The van der Waals surface area contributed by atoms with E-state index in [0.717, 1.165) is 5.56 Å². The first kappa shape index (κ1) is 18.7. The highest BCUT2D eigenvalue weighted by Gasteiger charge is 2.17. The molecule has 0 aliphatic rings. The lowest BCUT2D eigenvalue weighted by Crippen LogP contribution is -2.24. The number of anilines is 1. The van der Waals surface area contributed by atoms with Crippen molar-refractivity contribution in [2.75, 3.05) is 19.0 Å². The molecule has 0 heterocycles. The van der Waals surface area contributed by atoms with Crippen LogP contribution in [0.25, 0.3) is 0 Å². The Morgan fingerprint density at radius 1 is 1.20 bits per heavy atom. The fourth-order valence-corrected chi connectivity index (χ4v) is 3.13. The summed E-state index contributed by atoms with van der Waals surface area (Å²) in [5, 5.41) is 2.69. The molecule has 25 heavy (non-hydrogen) atoms. The predicted octanol–water partition coefficient (Wildman–Crippen LogP) is 2.72. The summed E-state index contributed by atoms with van der Waals surface area (Å²) in [6.07, 6.45) is 1.45. The summed E-state index contributed by atoms with van der Waals surface area (Å²) in [7, 11) is -2.26. The number of carbonyl (C=O) groups is 1. The minimum absolute atomic E-state index is 0.0226. The Morgan fingerprint density at radius 3 is 2.48 bits per heavy atom. The molecule has 0 spiro atoms. The number of rotatable bonds is 7. The Hall–Kier alpha value is -2.64. The van der Waals surface area contributed by atoms with Crippen LogP contribution in [0.2, 0.25) is 0 Å².